The van der Waals surface area contributed by atoms with Gasteiger partial charge in [-0.15, -0.1) is 0 Å². The van der Waals surface area contributed by atoms with Crippen LogP contribution in [0.1, 0.15) is 18.5 Å². The van der Waals surface area contributed by atoms with E-state index in [0.717, 1.165) is 10.3 Å². The molecule has 0 radical (unpaired) electrons. The summed E-state index contributed by atoms with van der Waals surface area (Å²) in [6, 6.07) is 10.6. The minimum atomic E-state index is -0.540. The van der Waals surface area contributed by atoms with Gasteiger partial charge in [0, 0.05) is 18.9 Å². The number of carbonyl (C=O) groups excluding carboxylic acids is 1. The lowest BCUT2D eigenvalue weighted by Gasteiger charge is -2.12. The number of fused-ring (bicyclic) bond motifs is 1. The summed E-state index contributed by atoms with van der Waals surface area (Å²) in [5.74, 6) is -0.183. The van der Waals surface area contributed by atoms with Crippen LogP contribution in [0, 0.1) is 0 Å². The predicted molar refractivity (Wildman–Crippen MR) is 86.9 cm³/mol. The van der Waals surface area contributed by atoms with Crippen LogP contribution in [0.15, 0.2) is 53.6 Å². The minimum Gasteiger partial charge on any atom is -0.350 e. The molecule has 0 aliphatic rings. The highest BCUT2D eigenvalue weighted by molar-refractivity contribution is 7.14. The fourth-order valence-electron chi connectivity index (χ4n) is 2.19. The molecular formula is C16H15N3O2S. The fraction of sp³-hybridized carbons (Fsp3) is 0.188. The van der Waals surface area contributed by atoms with E-state index in [-0.39, 0.29) is 11.5 Å². The average Bonchev–Trinajstić information content (AvgIpc) is 2.90. The first-order valence-corrected chi connectivity index (χ1v) is 7.71. The van der Waals surface area contributed by atoms with Gasteiger partial charge in [0.1, 0.15) is 6.04 Å². The third kappa shape index (κ3) is 2.78. The van der Waals surface area contributed by atoms with Gasteiger partial charge in [-0.25, -0.2) is 0 Å². The van der Waals surface area contributed by atoms with Gasteiger partial charge in [0.25, 0.3) is 5.56 Å². The van der Waals surface area contributed by atoms with Crippen molar-refractivity contribution < 1.29 is 4.79 Å². The molecule has 0 aliphatic heterocycles. The second-order valence-electron chi connectivity index (χ2n) is 4.97. The summed E-state index contributed by atoms with van der Waals surface area (Å²) in [4.78, 5) is 28.6. The van der Waals surface area contributed by atoms with Gasteiger partial charge in [0.05, 0.1) is 10.1 Å². The Hall–Kier alpha value is -2.47. The van der Waals surface area contributed by atoms with Crippen LogP contribution in [0.4, 0.5) is 0 Å². The Labute approximate surface area is 131 Å². The molecule has 5 nitrogen and oxygen atoms in total. The number of rotatable bonds is 4. The Kier molecular flexibility index (Phi) is 4.02. The number of nitrogens with zero attached hydrogens (tertiary/aromatic N) is 2. The number of nitrogens with one attached hydrogen (secondary N) is 1. The lowest BCUT2D eigenvalue weighted by atomic mass is 10.2. The molecular weight excluding hydrogens is 298 g/mol. The van der Waals surface area contributed by atoms with Gasteiger partial charge < -0.3 is 5.32 Å². The summed E-state index contributed by atoms with van der Waals surface area (Å²) >= 11 is 1.31. The molecule has 3 aromatic rings. The van der Waals surface area contributed by atoms with Crippen LogP contribution in [-0.2, 0) is 11.3 Å². The van der Waals surface area contributed by atoms with Crippen molar-refractivity contribution in [2.75, 3.05) is 0 Å². The van der Waals surface area contributed by atoms with Gasteiger partial charge >= 0.3 is 0 Å². The third-order valence-corrected chi connectivity index (χ3v) is 4.67. The molecule has 0 saturated heterocycles. The molecule has 2 aromatic heterocycles. The van der Waals surface area contributed by atoms with Crippen molar-refractivity contribution in [3.05, 3.63) is 64.7 Å². The van der Waals surface area contributed by atoms with E-state index in [1.807, 2.05) is 30.3 Å². The van der Waals surface area contributed by atoms with Crippen molar-refractivity contribution in [1.82, 2.24) is 14.3 Å². The molecule has 0 spiro atoms. The Morgan fingerprint density at radius 1 is 1.32 bits per heavy atom. The molecule has 1 atom stereocenters. The normalized spacial score (nSPS) is 12.2. The van der Waals surface area contributed by atoms with E-state index in [1.165, 1.54) is 15.5 Å². The molecule has 0 bridgehead atoms. The molecule has 1 unspecified atom stereocenters. The molecule has 1 aromatic carbocycles. The second-order valence-corrected chi connectivity index (χ2v) is 5.99. The highest BCUT2D eigenvalue weighted by Crippen LogP contribution is 2.19. The topological polar surface area (TPSA) is 64.0 Å². The molecule has 0 aliphatic carbocycles. The van der Waals surface area contributed by atoms with Gasteiger partial charge in [-0.1, -0.05) is 29.7 Å². The first kappa shape index (κ1) is 14.5. The van der Waals surface area contributed by atoms with Crippen molar-refractivity contribution >= 4 is 27.5 Å². The van der Waals surface area contributed by atoms with E-state index in [0.29, 0.717) is 11.9 Å². The van der Waals surface area contributed by atoms with E-state index in [4.69, 9.17) is 0 Å². The molecule has 0 fully saturated rings. The quantitative estimate of drug-likeness (QED) is 0.804. The number of amides is 1. The molecule has 6 heteroatoms. The summed E-state index contributed by atoms with van der Waals surface area (Å²) < 4.78 is 2.41. The zero-order chi connectivity index (χ0) is 15.5. The predicted octanol–water partition coefficient (Wildman–Crippen LogP) is 2.34. The SMILES string of the molecule is CC(C(=O)NCc1cccnc1)n1sc2ccccc2c1=O. The van der Waals surface area contributed by atoms with Crippen LogP contribution < -0.4 is 10.9 Å². The lowest BCUT2D eigenvalue weighted by Crippen LogP contribution is -2.33. The van der Waals surface area contributed by atoms with Crippen LogP contribution in [0.5, 0.6) is 0 Å². The maximum atomic E-state index is 12.3. The van der Waals surface area contributed by atoms with Gasteiger partial charge in [-0.2, -0.15) is 0 Å². The van der Waals surface area contributed by atoms with Crippen LogP contribution in [0.2, 0.25) is 0 Å². The van der Waals surface area contributed by atoms with Gasteiger partial charge in [-0.3, -0.25) is 18.5 Å². The minimum absolute atomic E-state index is 0.121. The summed E-state index contributed by atoms with van der Waals surface area (Å²) in [5, 5.41) is 3.49. The molecule has 2 heterocycles. The highest BCUT2D eigenvalue weighted by Gasteiger charge is 2.19. The fourth-order valence-corrected chi connectivity index (χ4v) is 3.23. The van der Waals surface area contributed by atoms with Crippen molar-refractivity contribution in [3.8, 4) is 0 Å². The molecule has 3 rings (SSSR count). The number of pyridine rings is 1. The summed E-state index contributed by atoms with van der Waals surface area (Å²) in [7, 11) is 0. The van der Waals surface area contributed by atoms with Crippen LogP contribution in [0.3, 0.4) is 0 Å². The van der Waals surface area contributed by atoms with Crippen molar-refractivity contribution in [2.45, 2.75) is 19.5 Å². The van der Waals surface area contributed by atoms with Crippen LogP contribution in [0.25, 0.3) is 10.1 Å². The summed E-state index contributed by atoms with van der Waals surface area (Å²) in [6.45, 7) is 2.13. The number of hydrogen-bond acceptors (Lipinski definition) is 4. The largest absolute Gasteiger partial charge is 0.350 e. The Morgan fingerprint density at radius 2 is 2.14 bits per heavy atom. The first-order valence-electron chi connectivity index (χ1n) is 6.94. The number of benzene rings is 1. The Bertz CT molecular complexity index is 854. The van der Waals surface area contributed by atoms with E-state index in [9.17, 15) is 9.59 Å². The van der Waals surface area contributed by atoms with E-state index in [2.05, 4.69) is 10.3 Å². The van der Waals surface area contributed by atoms with Gasteiger partial charge in [-0.05, 0) is 30.7 Å². The highest BCUT2D eigenvalue weighted by atomic mass is 32.1. The monoisotopic (exact) mass is 313 g/mol. The third-order valence-electron chi connectivity index (χ3n) is 3.44. The van der Waals surface area contributed by atoms with Gasteiger partial charge in [0.2, 0.25) is 5.91 Å². The van der Waals surface area contributed by atoms with Crippen molar-refractivity contribution in [1.29, 1.82) is 0 Å². The number of carbonyl (C=O) groups is 1. The summed E-state index contributed by atoms with van der Waals surface area (Å²) in [6.07, 6.45) is 3.39. The van der Waals surface area contributed by atoms with E-state index >= 15 is 0 Å². The lowest BCUT2D eigenvalue weighted by molar-refractivity contribution is -0.123. The van der Waals surface area contributed by atoms with E-state index in [1.54, 1.807) is 25.4 Å². The average molecular weight is 313 g/mol. The van der Waals surface area contributed by atoms with Crippen molar-refractivity contribution in [3.63, 3.8) is 0 Å². The number of aromatic nitrogens is 2. The maximum absolute atomic E-state index is 12.3. The maximum Gasteiger partial charge on any atom is 0.269 e. The summed E-state index contributed by atoms with van der Waals surface area (Å²) in [5.41, 5.74) is 0.802. The first-order chi connectivity index (χ1) is 10.7. The Balaban J connectivity index is 1.77. The molecule has 112 valence electrons. The molecule has 1 amide bonds. The molecule has 1 N–H and O–H groups in total. The van der Waals surface area contributed by atoms with Gasteiger partial charge in [0.15, 0.2) is 0 Å². The molecule has 0 saturated carbocycles. The van der Waals surface area contributed by atoms with Crippen LogP contribution in [-0.4, -0.2) is 14.8 Å². The van der Waals surface area contributed by atoms with Crippen LogP contribution >= 0.6 is 11.5 Å². The standard InChI is InChI=1S/C16H15N3O2S/c1-11(15(20)18-10-12-5-4-8-17-9-12)19-16(21)13-6-2-3-7-14(13)22-19/h2-9,11H,10H2,1H3,(H,18,20). The zero-order valence-electron chi connectivity index (χ0n) is 12.0. The Morgan fingerprint density at radius 3 is 2.86 bits per heavy atom. The van der Waals surface area contributed by atoms with E-state index < -0.39 is 6.04 Å². The number of hydrogen-bond donors (Lipinski definition) is 1. The smallest absolute Gasteiger partial charge is 0.269 e. The molecule has 22 heavy (non-hydrogen) atoms. The van der Waals surface area contributed by atoms with Crippen molar-refractivity contribution in [2.24, 2.45) is 0 Å². The zero-order valence-corrected chi connectivity index (χ0v) is 12.8. The second kappa shape index (κ2) is 6.11.